The van der Waals surface area contributed by atoms with E-state index in [1.54, 1.807) is 0 Å². The molecule has 0 spiro atoms. The fraction of sp³-hybridized carbons (Fsp3) is 0.455. The van der Waals surface area contributed by atoms with Crippen LogP contribution in [0.1, 0.15) is 30.5 Å². The summed E-state index contributed by atoms with van der Waals surface area (Å²) in [6.07, 6.45) is 2.18. The summed E-state index contributed by atoms with van der Waals surface area (Å²) in [5.41, 5.74) is 4.17. The van der Waals surface area contributed by atoms with Gasteiger partial charge in [-0.2, -0.15) is 0 Å². The van der Waals surface area contributed by atoms with Crippen molar-refractivity contribution < 1.29 is 0 Å². The summed E-state index contributed by atoms with van der Waals surface area (Å²) < 4.78 is 3.06. The summed E-state index contributed by atoms with van der Waals surface area (Å²) in [7, 11) is 5.51. The summed E-state index contributed by atoms with van der Waals surface area (Å²) in [4.78, 5) is 0. The van der Waals surface area contributed by atoms with Crippen LogP contribution < -0.4 is 4.72 Å². The van der Waals surface area contributed by atoms with E-state index in [0.29, 0.717) is 0 Å². The van der Waals surface area contributed by atoms with Gasteiger partial charge in [0, 0.05) is 17.7 Å². The molecule has 0 atom stereocenters. The first-order valence-corrected chi connectivity index (χ1v) is 6.57. The first kappa shape index (κ1) is 11.9. The predicted octanol–water partition coefficient (Wildman–Crippen LogP) is 3.70. The minimum absolute atomic E-state index is 0.835. The Balaban J connectivity index is 2.82. The molecular weight excluding hydrogens is 214 g/mol. The highest BCUT2D eigenvalue weighted by molar-refractivity contribution is 8.19. The third kappa shape index (κ3) is 3.19. The van der Waals surface area contributed by atoms with Gasteiger partial charge in [-0.15, -0.1) is 0 Å². The number of nitrogens with one attached hydrogen (secondary N) is 1. The van der Waals surface area contributed by atoms with Crippen molar-refractivity contribution in [2.24, 2.45) is 0 Å². The summed E-state index contributed by atoms with van der Waals surface area (Å²) in [5.74, 6) is 0. The maximum absolute atomic E-state index is 5.51. The molecule has 0 saturated heterocycles. The Hall–Kier alpha value is -0.180. The molecule has 1 N–H and O–H groups in total. The topological polar surface area (TPSA) is 12.0 Å². The van der Waals surface area contributed by atoms with E-state index < -0.39 is 0 Å². The molecule has 0 aliphatic heterocycles. The minimum atomic E-state index is 0.835. The molecule has 0 unspecified atom stereocenters. The minimum Gasteiger partial charge on any atom is -0.246 e. The largest absolute Gasteiger partial charge is 0.246 e. The van der Waals surface area contributed by atoms with Crippen LogP contribution in [0.5, 0.6) is 0 Å². The molecule has 78 valence electrons. The molecule has 0 aromatic heterocycles. The highest BCUT2D eigenvalue weighted by atomic mass is 35.7. The van der Waals surface area contributed by atoms with Crippen LogP contribution in [0.25, 0.3) is 0 Å². The smallest absolute Gasteiger partial charge is 0.0323 e. The highest BCUT2D eigenvalue weighted by Crippen LogP contribution is 2.14. The van der Waals surface area contributed by atoms with Crippen LogP contribution >= 0.6 is 21.8 Å². The third-order valence-corrected chi connectivity index (χ3v) is 2.96. The molecule has 0 saturated carbocycles. The lowest BCUT2D eigenvalue weighted by atomic mass is 10.0. The van der Waals surface area contributed by atoms with Crippen LogP contribution in [-0.2, 0) is 19.4 Å². The van der Waals surface area contributed by atoms with Crippen molar-refractivity contribution in [3.8, 4) is 0 Å². The predicted molar refractivity (Wildman–Crippen MR) is 65.5 cm³/mol. The third-order valence-electron chi connectivity index (χ3n) is 2.38. The average molecular weight is 230 g/mol. The number of hydrogen-bond acceptors (Lipinski definition) is 2. The van der Waals surface area contributed by atoms with Crippen molar-refractivity contribution in [1.29, 1.82) is 0 Å². The van der Waals surface area contributed by atoms with Gasteiger partial charge in [-0.1, -0.05) is 32.0 Å². The Bertz CT molecular complexity index is 289. The van der Waals surface area contributed by atoms with E-state index in [0.717, 1.165) is 30.5 Å². The lowest BCUT2D eigenvalue weighted by molar-refractivity contribution is 0.938. The summed E-state index contributed by atoms with van der Waals surface area (Å²) in [5, 5.41) is 0. The van der Waals surface area contributed by atoms with Gasteiger partial charge < -0.3 is 0 Å². The van der Waals surface area contributed by atoms with Gasteiger partial charge in [0.2, 0.25) is 0 Å². The summed E-state index contributed by atoms with van der Waals surface area (Å²) >= 11 is 1.15. The fourth-order valence-electron chi connectivity index (χ4n) is 1.51. The van der Waals surface area contributed by atoms with E-state index in [4.69, 9.17) is 10.7 Å². The second-order valence-electron chi connectivity index (χ2n) is 3.21. The zero-order valence-electron chi connectivity index (χ0n) is 8.64. The Labute approximate surface area is 94.9 Å². The van der Waals surface area contributed by atoms with Gasteiger partial charge in [-0.3, -0.25) is 0 Å². The lowest BCUT2D eigenvalue weighted by Crippen LogP contribution is -2.04. The van der Waals surface area contributed by atoms with Crippen LogP contribution in [0.4, 0.5) is 0 Å². The Morgan fingerprint density at radius 3 is 2.57 bits per heavy atom. The molecule has 0 aliphatic carbocycles. The van der Waals surface area contributed by atoms with Gasteiger partial charge in [0.1, 0.15) is 0 Å². The molecule has 1 nitrogen and oxygen atoms in total. The highest BCUT2D eigenvalue weighted by Gasteiger charge is 2.01. The van der Waals surface area contributed by atoms with Gasteiger partial charge >= 0.3 is 0 Å². The fourth-order valence-corrected chi connectivity index (χ4v) is 1.88. The molecule has 14 heavy (non-hydrogen) atoms. The molecule has 1 aromatic carbocycles. The molecule has 0 aliphatic rings. The van der Waals surface area contributed by atoms with E-state index in [2.05, 4.69) is 36.8 Å². The van der Waals surface area contributed by atoms with Gasteiger partial charge in [0.05, 0.1) is 0 Å². The SMILES string of the molecule is CCc1ccc(CNSCl)c(CC)c1. The van der Waals surface area contributed by atoms with Crippen LogP contribution in [0.3, 0.4) is 0 Å². The maximum Gasteiger partial charge on any atom is 0.0323 e. The molecule has 0 radical (unpaired) electrons. The molecule has 0 bridgehead atoms. The van der Waals surface area contributed by atoms with E-state index in [1.807, 2.05) is 0 Å². The van der Waals surface area contributed by atoms with E-state index in [-0.39, 0.29) is 0 Å². The van der Waals surface area contributed by atoms with Crippen molar-refractivity contribution in [1.82, 2.24) is 4.72 Å². The standard InChI is InChI=1S/C11H16ClNS/c1-3-9-5-6-11(8-13-14-12)10(4-2)7-9/h5-7,13H,3-4,8H2,1-2H3. The molecular formula is C11H16ClNS. The zero-order chi connectivity index (χ0) is 10.4. The first-order valence-electron chi connectivity index (χ1n) is 4.92. The average Bonchev–Trinajstić information content (AvgIpc) is 2.26. The Kier molecular flexibility index (Phi) is 5.38. The molecule has 1 rings (SSSR count). The molecule has 0 heterocycles. The van der Waals surface area contributed by atoms with Gasteiger partial charge in [-0.05, 0) is 40.2 Å². The van der Waals surface area contributed by atoms with Crippen LogP contribution in [0.2, 0.25) is 0 Å². The van der Waals surface area contributed by atoms with Gasteiger partial charge in [-0.25, -0.2) is 4.72 Å². The van der Waals surface area contributed by atoms with Crippen LogP contribution in [-0.4, -0.2) is 0 Å². The van der Waals surface area contributed by atoms with Crippen LogP contribution in [0, 0.1) is 0 Å². The summed E-state index contributed by atoms with van der Waals surface area (Å²) in [6.45, 7) is 5.20. The quantitative estimate of drug-likeness (QED) is 0.773. The van der Waals surface area contributed by atoms with E-state index >= 15 is 0 Å². The van der Waals surface area contributed by atoms with Crippen molar-refractivity contribution in [2.45, 2.75) is 33.2 Å². The monoisotopic (exact) mass is 229 g/mol. The number of hydrogen-bond donors (Lipinski definition) is 1. The molecule has 1 aromatic rings. The Morgan fingerprint density at radius 1 is 1.21 bits per heavy atom. The van der Waals surface area contributed by atoms with Crippen molar-refractivity contribution >= 4 is 21.8 Å². The van der Waals surface area contributed by atoms with Crippen molar-refractivity contribution in [3.05, 3.63) is 34.9 Å². The first-order chi connectivity index (χ1) is 6.81. The van der Waals surface area contributed by atoms with Crippen LogP contribution in [0.15, 0.2) is 18.2 Å². The number of benzene rings is 1. The van der Waals surface area contributed by atoms with E-state index in [1.165, 1.54) is 16.7 Å². The summed E-state index contributed by atoms with van der Waals surface area (Å²) in [6, 6.07) is 6.67. The molecule has 0 amide bonds. The maximum atomic E-state index is 5.51. The Morgan fingerprint density at radius 2 is 2.00 bits per heavy atom. The second-order valence-corrected chi connectivity index (χ2v) is 4.11. The normalized spacial score (nSPS) is 10.5. The zero-order valence-corrected chi connectivity index (χ0v) is 10.2. The molecule has 0 fully saturated rings. The van der Waals surface area contributed by atoms with Crippen molar-refractivity contribution in [3.63, 3.8) is 0 Å². The molecule has 3 heteroatoms. The second kappa shape index (κ2) is 6.33. The number of halogens is 1. The number of aryl methyl sites for hydroxylation is 2. The van der Waals surface area contributed by atoms with Crippen molar-refractivity contribution in [2.75, 3.05) is 0 Å². The lowest BCUT2D eigenvalue weighted by Gasteiger charge is -2.09. The van der Waals surface area contributed by atoms with Gasteiger partial charge in [0.15, 0.2) is 0 Å². The van der Waals surface area contributed by atoms with Gasteiger partial charge in [0.25, 0.3) is 0 Å². The number of rotatable bonds is 5. The van der Waals surface area contributed by atoms with E-state index in [9.17, 15) is 0 Å².